The molecule has 8 atom stereocenters. The summed E-state index contributed by atoms with van der Waals surface area (Å²) < 4.78 is 11.0. The minimum atomic E-state index is -1.44. The van der Waals surface area contributed by atoms with Crippen LogP contribution in [0.25, 0.3) is 0 Å². The predicted molar refractivity (Wildman–Crippen MR) is 94.2 cm³/mol. The number of epoxide rings is 1. The number of Topliss-reactive ketones (excluding diaryl/α,β-unsaturated/α-hetero) is 1. The van der Waals surface area contributed by atoms with Gasteiger partial charge in [0, 0.05) is 6.42 Å². The van der Waals surface area contributed by atoms with Crippen molar-refractivity contribution in [2.75, 3.05) is 13.2 Å². The summed E-state index contributed by atoms with van der Waals surface area (Å²) in [5, 5.41) is 40.9. The molecular weight excluding hydrogens is 340 g/mol. The monoisotopic (exact) mass is 372 g/mol. The summed E-state index contributed by atoms with van der Waals surface area (Å²) in [5.41, 5.74) is -0.921. The molecule has 7 heteroatoms. The van der Waals surface area contributed by atoms with Crippen LogP contribution < -0.4 is 0 Å². The lowest BCUT2D eigenvalue weighted by atomic mass is 9.78. The molecule has 0 aromatic heterocycles. The van der Waals surface area contributed by atoms with E-state index in [0.717, 1.165) is 6.42 Å². The van der Waals surface area contributed by atoms with Gasteiger partial charge in [-0.05, 0) is 25.7 Å². The molecule has 2 aliphatic rings. The van der Waals surface area contributed by atoms with Gasteiger partial charge in [-0.15, -0.1) is 6.58 Å². The smallest absolute Gasteiger partial charge is 0.167 e. The van der Waals surface area contributed by atoms with Crippen molar-refractivity contribution in [2.24, 2.45) is 17.8 Å². The van der Waals surface area contributed by atoms with Crippen molar-refractivity contribution in [3.8, 4) is 0 Å². The van der Waals surface area contributed by atoms with E-state index < -0.39 is 47.8 Å². The highest BCUT2D eigenvalue weighted by Gasteiger charge is 2.62. The van der Waals surface area contributed by atoms with Crippen LogP contribution in [-0.4, -0.2) is 69.1 Å². The van der Waals surface area contributed by atoms with Gasteiger partial charge in [0.2, 0.25) is 0 Å². The van der Waals surface area contributed by atoms with Crippen molar-refractivity contribution in [3.63, 3.8) is 0 Å². The lowest BCUT2D eigenvalue weighted by Crippen LogP contribution is -2.53. The van der Waals surface area contributed by atoms with Crippen LogP contribution in [-0.2, 0) is 14.3 Å². The molecule has 0 radical (unpaired) electrons. The summed E-state index contributed by atoms with van der Waals surface area (Å²) in [6.45, 7) is 8.42. The van der Waals surface area contributed by atoms with Gasteiger partial charge < -0.3 is 29.9 Å². The number of rotatable bonds is 9. The van der Waals surface area contributed by atoms with E-state index in [1.54, 1.807) is 19.9 Å². The summed E-state index contributed by atoms with van der Waals surface area (Å²) in [4.78, 5) is 12.8. The number of ether oxygens (including phenoxy) is 2. The maximum atomic E-state index is 12.8. The average Bonchev–Trinajstić information content (AvgIpc) is 3.29. The van der Waals surface area contributed by atoms with Gasteiger partial charge in [-0.2, -0.15) is 0 Å². The molecule has 2 fully saturated rings. The number of carbonyl (C=O) groups excluding carboxylic acids is 1. The fourth-order valence-electron chi connectivity index (χ4n) is 3.97. The third-order valence-electron chi connectivity index (χ3n) is 5.92. The minimum Gasteiger partial charge on any atom is -0.396 e. The van der Waals surface area contributed by atoms with Gasteiger partial charge in [0.15, 0.2) is 5.79 Å². The normalized spacial score (nSPS) is 40.5. The lowest BCUT2D eigenvalue weighted by Gasteiger charge is -2.39. The Morgan fingerprint density at radius 2 is 2.12 bits per heavy atom. The van der Waals surface area contributed by atoms with Crippen LogP contribution in [0.1, 0.15) is 40.0 Å². The average molecular weight is 372 g/mol. The fraction of sp³-hybridized carbons (Fsp3) is 0.842. The zero-order valence-electron chi connectivity index (χ0n) is 15.8. The second-order valence-corrected chi connectivity index (χ2v) is 7.85. The van der Waals surface area contributed by atoms with Crippen LogP contribution in [0.3, 0.4) is 0 Å². The Balaban J connectivity index is 2.06. The topological polar surface area (TPSA) is 120 Å². The van der Waals surface area contributed by atoms with Gasteiger partial charge in [0.25, 0.3) is 0 Å². The molecule has 2 saturated heterocycles. The third kappa shape index (κ3) is 4.03. The Kier molecular flexibility index (Phi) is 6.64. The van der Waals surface area contributed by atoms with E-state index in [1.165, 1.54) is 0 Å². The zero-order valence-corrected chi connectivity index (χ0v) is 15.8. The standard InChI is InChI=1S/C19H32O7/c1-5-7-11(3)17-18(4,26-17)16(23)12(9-20)15(22)13-10-25-19(24,6-2)8-14(13)21/h5,11-14,16-17,20-21,23-24H,1,6-10H2,2-4H3/t11-,12-,13?,14?,16-,17+,18-,19?/m0/s1. The van der Waals surface area contributed by atoms with Crippen LogP contribution in [0.5, 0.6) is 0 Å². The predicted octanol–water partition coefficient (Wildman–Crippen LogP) is 0.391. The first-order valence-electron chi connectivity index (χ1n) is 9.29. The maximum Gasteiger partial charge on any atom is 0.167 e. The van der Waals surface area contributed by atoms with Crippen LogP contribution in [0, 0.1) is 17.8 Å². The number of aliphatic hydroxyl groups is 4. The van der Waals surface area contributed by atoms with Crippen molar-refractivity contribution in [1.29, 1.82) is 0 Å². The lowest BCUT2D eigenvalue weighted by molar-refractivity contribution is -0.258. The number of hydrogen-bond donors (Lipinski definition) is 4. The van der Waals surface area contributed by atoms with Crippen LogP contribution in [0.2, 0.25) is 0 Å². The molecule has 3 unspecified atom stereocenters. The molecule has 2 aliphatic heterocycles. The fourth-order valence-corrected chi connectivity index (χ4v) is 3.97. The highest BCUT2D eigenvalue weighted by Crippen LogP contribution is 2.47. The van der Waals surface area contributed by atoms with Gasteiger partial charge in [-0.1, -0.05) is 19.9 Å². The molecule has 0 aromatic carbocycles. The van der Waals surface area contributed by atoms with Crippen LogP contribution in [0.15, 0.2) is 12.7 Å². The van der Waals surface area contributed by atoms with E-state index in [1.807, 2.05) is 6.92 Å². The molecule has 0 spiro atoms. The van der Waals surface area contributed by atoms with Crippen molar-refractivity contribution in [1.82, 2.24) is 0 Å². The van der Waals surface area contributed by atoms with E-state index in [2.05, 4.69) is 6.58 Å². The third-order valence-corrected chi connectivity index (χ3v) is 5.92. The maximum absolute atomic E-state index is 12.8. The zero-order chi connectivity index (χ0) is 19.7. The molecular formula is C19H32O7. The van der Waals surface area contributed by atoms with Gasteiger partial charge in [-0.3, -0.25) is 4.79 Å². The Bertz CT molecular complexity index is 524. The molecule has 0 saturated carbocycles. The number of aliphatic hydroxyl groups excluding tert-OH is 3. The number of ketones is 1. The van der Waals surface area contributed by atoms with Crippen molar-refractivity contribution in [3.05, 3.63) is 12.7 Å². The van der Waals surface area contributed by atoms with Crippen molar-refractivity contribution in [2.45, 2.75) is 69.7 Å². The quantitative estimate of drug-likeness (QED) is 0.341. The minimum absolute atomic E-state index is 0.0824. The molecule has 26 heavy (non-hydrogen) atoms. The van der Waals surface area contributed by atoms with Gasteiger partial charge in [-0.25, -0.2) is 0 Å². The second-order valence-electron chi connectivity index (χ2n) is 7.85. The highest BCUT2D eigenvalue weighted by molar-refractivity contribution is 5.85. The first kappa shape index (κ1) is 21.5. The van der Waals surface area contributed by atoms with E-state index in [9.17, 15) is 25.2 Å². The molecule has 0 bridgehead atoms. The molecule has 2 heterocycles. The summed E-state index contributed by atoms with van der Waals surface area (Å²) in [5.74, 6) is -3.78. The Morgan fingerprint density at radius 3 is 2.62 bits per heavy atom. The van der Waals surface area contributed by atoms with Crippen LogP contribution in [0.4, 0.5) is 0 Å². The molecule has 0 aromatic rings. The van der Waals surface area contributed by atoms with Crippen molar-refractivity contribution >= 4 is 5.78 Å². The molecule has 2 rings (SSSR count). The Labute approximate surface area is 154 Å². The second kappa shape index (κ2) is 8.04. The Morgan fingerprint density at radius 1 is 1.46 bits per heavy atom. The number of allylic oxidation sites excluding steroid dienone is 1. The van der Waals surface area contributed by atoms with Gasteiger partial charge >= 0.3 is 0 Å². The first-order valence-corrected chi connectivity index (χ1v) is 9.29. The summed E-state index contributed by atoms with van der Waals surface area (Å²) in [7, 11) is 0. The molecule has 0 amide bonds. The van der Waals surface area contributed by atoms with Crippen LogP contribution >= 0.6 is 0 Å². The van der Waals surface area contributed by atoms with E-state index in [0.29, 0.717) is 6.42 Å². The van der Waals surface area contributed by atoms with E-state index >= 15 is 0 Å². The summed E-state index contributed by atoms with van der Waals surface area (Å²) in [6.07, 6.45) is 0.193. The molecule has 150 valence electrons. The summed E-state index contributed by atoms with van der Waals surface area (Å²) in [6, 6.07) is 0. The highest BCUT2D eigenvalue weighted by atomic mass is 16.6. The molecule has 0 aliphatic carbocycles. The van der Waals surface area contributed by atoms with Gasteiger partial charge in [0.1, 0.15) is 11.4 Å². The van der Waals surface area contributed by atoms with Crippen molar-refractivity contribution < 1.29 is 34.7 Å². The van der Waals surface area contributed by atoms with Gasteiger partial charge in [0.05, 0.1) is 43.4 Å². The molecule has 7 nitrogen and oxygen atoms in total. The van der Waals surface area contributed by atoms with E-state index in [4.69, 9.17) is 9.47 Å². The number of hydrogen-bond acceptors (Lipinski definition) is 7. The SMILES string of the molecule is C=CC[C@H](C)[C@H]1O[C@@]1(C)[C@@H](O)[C@@H](CO)C(=O)C1COC(O)(CC)CC1O. The largest absolute Gasteiger partial charge is 0.396 e. The molecule has 4 N–H and O–H groups in total. The number of carbonyl (C=O) groups is 1. The summed E-state index contributed by atoms with van der Waals surface area (Å²) >= 11 is 0. The Hall–Kier alpha value is -0.830. The first-order chi connectivity index (χ1) is 12.1. The van der Waals surface area contributed by atoms with E-state index in [-0.39, 0.29) is 25.0 Å².